The lowest BCUT2D eigenvalue weighted by Gasteiger charge is -2.09. The van der Waals surface area contributed by atoms with Crippen molar-refractivity contribution < 1.29 is 8.94 Å². The highest BCUT2D eigenvalue weighted by atomic mass is 35.5. The molecule has 0 bridgehead atoms. The van der Waals surface area contributed by atoms with Crippen molar-refractivity contribution in [3.63, 3.8) is 0 Å². The lowest BCUT2D eigenvalue weighted by atomic mass is 10.3. The van der Waals surface area contributed by atoms with Gasteiger partial charge in [-0.05, 0) is 18.2 Å². The van der Waals surface area contributed by atoms with Gasteiger partial charge >= 0.3 is 5.16 Å². The Kier molecular flexibility index (Phi) is 4.06. The zero-order valence-electron chi connectivity index (χ0n) is 11.2. The molecule has 0 spiro atoms. The fraction of sp³-hybridized carbons (Fsp3) is 0.0769. The standard InChI is InChI=1S/C13H9ClFN5OS/c1-22(21)13-16-5-10-11(20-13)12(18-6-17-10)19-7-2-3-9(15)8(14)4-7/h2-6H,1H3,(H,17,18,19). The summed E-state index contributed by atoms with van der Waals surface area (Å²) in [4.78, 5) is 16.3. The number of halogens is 2. The third-order valence-electron chi connectivity index (χ3n) is 2.79. The van der Waals surface area contributed by atoms with Gasteiger partial charge in [-0.1, -0.05) is 11.6 Å². The molecule has 0 aliphatic rings. The maximum Gasteiger partial charge on any atom is 0.343 e. The molecule has 0 saturated carbocycles. The first-order valence-corrected chi connectivity index (χ1v) is 8.01. The molecule has 0 radical (unpaired) electrons. The van der Waals surface area contributed by atoms with Crippen LogP contribution in [0.5, 0.6) is 0 Å². The Morgan fingerprint density at radius 2 is 2.09 bits per heavy atom. The normalized spacial score (nSPS) is 12.4. The van der Waals surface area contributed by atoms with Gasteiger partial charge in [0.05, 0.1) is 11.2 Å². The Morgan fingerprint density at radius 1 is 1.27 bits per heavy atom. The van der Waals surface area contributed by atoms with Gasteiger partial charge in [-0.15, -0.1) is 0 Å². The maximum absolute atomic E-state index is 13.2. The van der Waals surface area contributed by atoms with Gasteiger partial charge in [-0.25, -0.2) is 14.4 Å². The maximum atomic E-state index is 13.2. The summed E-state index contributed by atoms with van der Waals surface area (Å²) in [6, 6.07) is 4.20. The van der Waals surface area contributed by atoms with Crippen molar-refractivity contribution in [3.8, 4) is 0 Å². The number of hydrogen-bond acceptors (Lipinski definition) is 6. The molecule has 0 saturated heterocycles. The average Bonchev–Trinajstić information content (AvgIpc) is 2.51. The van der Waals surface area contributed by atoms with Crippen LogP contribution in [-0.2, 0) is 11.2 Å². The van der Waals surface area contributed by atoms with E-state index < -0.39 is 17.0 Å². The van der Waals surface area contributed by atoms with Crippen LogP contribution in [0.4, 0.5) is 15.9 Å². The highest BCUT2D eigenvalue weighted by Gasteiger charge is 2.13. The fourth-order valence-electron chi connectivity index (χ4n) is 1.78. The van der Waals surface area contributed by atoms with Crippen molar-refractivity contribution in [2.24, 2.45) is 0 Å². The SMILES string of the molecule is C[S+]([O-])c1ncc2ncnc(Nc3ccc(F)c(Cl)c3)c2n1. The van der Waals surface area contributed by atoms with E-state index in [1.807, 2.05) is 0 Å². The minimum atomic E-state index is -1.32. The molecule has 0 aliphatic carbocycles. The lowest BCUT2D eigenvalue weighted by Crippen LogP contribution is -2.06. The Balaban J connectivity index is 2.05. The number of fused-ring (bicyclic) bond motifs is 1. The molecule has 9 heteroatoms. The van der Waals surface area contributed by atoms with E-state index in [9.17, 15) is 8.94 Å². The van der Waals surface area contributed by atoms with Crippen LogP contribution in [0.15, 0.2) is 35.9 Å². The molecule has 2 aromatic heterocycles. The molecule has 1 aromatic carbocycles. The lowest BCUT2D eigenvalue weighted by molar-refractivity contribution is 0.592. The highest BCUT2D eigenvalue weighted by molar-refractivity contribution is 7.90. The van der Waals surface area contributed by atoms with Crippen LogP contribution in [-0.4, -0.2) is 30.7 Å². The minimum absolute atomic E-state index is 0.00617. The Hall–Kier alpha value is -2.03. The van der Waals surface area contributed by atoms with Gasteiger partial charge in [0.1, 0.15) is 29.4 Å². The molecule has 2 heterocycles. The van der Waals surface area contributed by atoms with Crippen LogP contribution in [0.2, 0.25) is 5.02 Å². The number of aromatic nitrogens is 4. The van der Waals surface area contributed by atoms with Crippen molar-refractivity contribution in [2.75, 3.05) is 11.6 Å². The highest BCUT2D eigenvalue weighted by Crippen LogP contribution is 2.25. The Morgan fingerprint density at radius 3 is 2.82 bits per heavy atom. The molecule has 1 atom stereocenters. The number of benzene rings is 1. The fourth-order valence-corrected chi connectivity index (χ4v) is 2.38. The van der Waals surface area contributed by atoms with Crippen LogP contribution in [0.1, 0.15) is 0 Å². The molecule has 1 N–H and O–H groups in total. The molecular weight excluding hydrogens is 329 g/mol. The van der Waals surface area contributed by atoms with Crippen molar-refractivity contribution in [1.82, 2.24) is 19.9 Å². The first-order valence-electron chi connectivity index (χ1n) is 6.08. The van der Waals surface area contributed by atoms with Crippen molar-refractivity contribution in [2.45, 2.75) is 5.16 Å². The summed E-state index contributed by atoms with van der Waals surface area (Å²) < 4.78 is 24.7. The average molecular weight is 338 g/mol. The second kappa shape index (κ2) is 5.99. The Bertz CT molecular complexity index is 848. The van der Waals surface area contributed by atoms with E-state index in [0.29, 0.717) is 22.5 Å². The number of anilines is 2. The second-order valence-electron chi connectivity index (χ2n) is 4.32. The predicted octanol–water partition coefficient (Wildman–Crippen LogP) is 2.69. The minimum Gasteiger partial charge on any atom is -0.609 e. The largest absolute Gasteiger partial charge is 0.609 e. The number of hydrogen-bond donors (Lipinski definition) is 1. The third-order valence-corrected chi connectivity index (χ3v) is 3.80. The monoisotopic (exact) mass is 337 g/mol. The molecule has 0 amide bonds. The van der Waals surface area contributed by atoms with Gasteiger partial charge in [-0.2, -0.15) is 9.97 Å². The van der Waals surface area contributed by atoms with Crippen LogP contribution in [0.3, 0.4) is 0 Å². The topological polar surface area (TPSA) is 86.7 Å². The van der Waals surface area contributed by atoms with Crippen molar-refractivity contribution >= 4 is 45.3 Å². The first-order chi connectivity index (χ1) is 10.5. The summed E-state index contributed by atoms with van der Waals surface area (Å²) in [5, 5.41) is 3.17. The molecule has 3 aromatic rings. The first kappa shape index (κ1) is 14.9. The number of nitrogens with one attached hydrogen (secondary N) is 1. The van der Waals surface area contributed by atoms with E-state index in [4.69, 9.17) is 11.6 Å². The van der Waals surface area contributed by atoms with Gasteiger partial charge in [0, 0.05) is 16.9 Å². The van der Waals surface area contributed by atoms with Gasteiger partial charge in [0.25, 0.3) is 0 Å². The molecule has 0 aliphatic heterocycles. The zero-order valence-corrected chi connectivity index (χ0v) is 12.8. The smallest absolute Gasteiger partial charge is 0.343 e. The van der Waals surface area contributed by atoms with Gasteiger partial charge in [-0.3, -0.25) is 0 Å². The number of nitrogens with zero attached hydrogens (tertiary/aromatic N) is 4. The van der Waals surface area contributed by atoms with E-state index in [1.165, 1.54) is 37.0 Å². The van der Waals surface area contributed by atoms with E-state index in [1.54, 1.807) is 0 Å². The van der Waals surface area contributed by atoms with E-state index >= 15 is 0 Å². The Labute approximate surface area is 133 Å². The summed E-state index contributed by atoms with van der Waals surface area (Å²) in [5.41, 5.74) is 1.47. The van der Waals surface area contributed by atoms with E-state index in [0.717, 1.165) is 0 Å². The zero-order chi connectivity index (χ0) is 15.7. The molecule has 22 heavy (non-hydrogen) atoms. The summed E-state index contributed by atoms with van der Waals surface area (Å²) in [5.74, 6) is -0.118. The van der Waals surface area contributed by atoms with Gasteiger partial charge in [0.15, 0.2) is 5.82 Å². The number of rotatable bonds is 3. The summed E-state index contributed by atoms with van der Waals surface area (Å²) in [6.45, 7) is 0. The molecule has 6 nitrogen and oxygen atoms in total. The van der Waals surface area contributed by atoms with E-state index in [2.05, 4.69) is 25.3 Å². The van der Waals surface area contributed by atoms with Gasteiger partial charge < -0.3 is 9.87 Å². The van der Waals surface area contributed by atoms with Gasteiger partial charge in [0.2, 0.25) is 0 Å². The van der Waals surface area contributed by atoms with Crippen molar-refractivity contribution in [1.29, 1.82) is 0 Å². The summed E-state index contributed by atoms with van der Waals surface area (Å²) >= 11 is 4.43. The summed E-state index contributed by atoms with van der Waals surface area (Å²) in [6.07, 6.45) is 4.31. The molecular formula is C13H9ClFN5OS. The predicted molar refractivity (Wildman–Crippen MR) is 82.2 cm³/mol. The van der Waals surface area contributed by atoms with Crippen molar-refractivity contribution in [3.05, 3.63) is 41.6 Å². The second-order valence-corrected chi connectivity index (χ2v) is 6.00. The van der Waals surface area contributed by atoms with Crippen LogP contribution >= 0.6 is 11.6 Å². The van der Waals surface area contributed by atoms with Crippen LogP contribution in [0, 0.1) is 5.82 Å². The summed E-state index contributed by atoms with van der Waals surface area (Å²) in [7, 11) is 0. The molecule has 112 valence electrons. The van der Waals surface area contributed by atoms with Crippen LogP contribution < -0.4 is 5.32 Å². The molecule has 3 rings (SSSR count). The third kappa shape index (κ3) is 2.94. The molecule has 1 unspecified atom stereocenters. The molecule has 0 fully saturated rings. The van der Waals surface area contributed by atoms with E-state index in [-0.39, 0.29) is 10.2 Å². The quantitative estimate of drug-likeness (QED) is 0.584. The van der Waals surface area contributed by atoms with Crippen LogP contribution in [0.25, 0.3) is 11.0 Å².